The Morgan fingerprint density at radius 2 is 2.14 bits per heavy atom. The van der Waals surface area contributed by atoms with Crippen LogP contribution in [0.3, 0.4) is 0 Å². The van der Waals surface area contributed by atoms with E-state index in [0.717, 1.165) is 38.0 Å². The fourth-order valence-electron chi connectivity index (χ4n) is 3.66. The standard InChI is InChI=1S/C16H26N4O/c1-21-13-7-8-20(12(9-13)10-17)16-14-5-3-2-4-6-15(14)18-11-19-16/h11-13H,2-10,17H2,1H3. The van der Waals surface area contributed by atoms with Crippen molar-refractivity contribution in [3.05, 3.63) is 17.6 Å². The average Bonchev–Trinajstić information content (AvgIpc) is 2.79. The van der Waals surface area contributed by atoms with Crippen LogP contribution in [-0.4, -0.2) is 42.3 Å². The second-order valence-electron chi connectivity index (χ2n) is 6.15. The predicted octanol–water partition coefficient (Wildman–Crippen LogP) is 1.69. The molecular formula is C16H26N4O. The van der Waals surface area contributed by atoms with Crippen LogP contribution in [0.25, 0.3) is 0 Å². The van der Waals surface area contributed by atoms with E-state index in [0.29, 0.717) is 18.7 Å². The van der Waals surface area contributed by atoms with Gasteiger partial charge in [-0.05, 0) is 38.5 Å². The van der Waals surface area contributed by atoms with Gasteiger partial charge in [-0.15, -0.1) is 0 Å². The molecule has 0 amide bonds. The normalized spacial score (nSPS) is 26.3. The van der Waals surface area contributed by atoms with Gasteiger partial charge in [-0.3, -0.25) is 0 Å². The summed E-state index contributed by atoms with van der Waals surface area (Å²) in [4.78, 5) is 11.6. The highest BCUT2D eigenvalue weighted by Gasteiger charge is 2.30. The van der Waals surface area contributed by atoms with Crippen LogP contribution < -0.4 is 10.6 Å². The Labute approximate surface area is 126 Å². The summed E-state index contributed by atoms with van der Waals surface area (Å²) in [5.74, 6) is 1.13. The zero-order valence-corrected chi connectivity index (χ0v) is 12.9. The van der Waals surface area contributed by atoms with Gasteiger partial charge in [-0.2, -0.15) is 0 Å². The Bertz CT molecular complexity index is 479. The Morgan fingerprint density at radius 1 is 1.29 bits per heavy atom. The largest absolute Gasteiger partial charge is 0.381 e. The third kappa shape index (κ3) is 3.04. The molecule has 2 N–H and O–H groups in total. The van der Waals surface area contributed by atoms with Crippen LogP contribution in [0.2, 0.25) is 0 Å². The van der Waals surface area contributed by atoms with Crippen molar-refractivity contribution in [1.29, 1.82) is 0 Å². The molecule has 2 aliphatic rings. The van der Waals surface area contributed by atoms with Crippen molar-refractivity contribution in [2.45, 2.75) is 57.1 Å². The summed E-state index contributed by atoms with van der Waals surface area (Å²) < 4.78 is 5.53. The van der Waals surface area contributed by atoms with Gasteiger partial charge in [0.25, 0.3) is 0 Å². The van der Waals surface area contributed by atoms with E-state index in [1.807, 2.05) is 0 Å². The zero-order chi connectivity index (χ0) is 14.7. The Kier molecular flexibility index (Phi) is 4.70. The molecule has 3 rings (SSSR count). The van der Waals surface area contributed by atoms with Crippen LogP contribution in [-0.2, 0) is 17.6 Å². The highest BCUT2D eigenvalue weighted by Crippen LogP contribution is 2.31. The van der Waals surface area contributed by atoms with Crippen LogP contribution in [0, 0.1) is 0 Å². The van der Waals surface area contributed by atoms with Crippen molar-refractivity contribution >= 4 is 5.82 Å². The molecule has 5 heteroatoms. The number of nitrogens with zero attached hydrogens (tertiary/aromatic N) is 3. The molecule has 116 valence electrons. The van der Waals surface area contributed by atoms with E-state index in [-0.39, 0.29) is 0 Å². The number of anilines is 1. The molecule has 1 aromatic heterocycles. The number of piperidine rings is 1. The number of methoxy groups -OCH3 is 1. The summed E-state index contributed by atoms with van der Waals surface area (Å²) in [6, 6.07) is 0.325. The van der Waals surface area contributed by atoms with Crippen molar-refractivity contribution in [3.63, 3.8) is 0 Å². The minimum absolute atomic E-state index is 0.325. The molecule has 0 spiro atoms. The van der Waals surface area contributed by atoms with Gasteiger partial charge in [-0.25, -0.2) is 9.97 Å². The van der Waals surface area contributed by atoms with Crippen molar-refractivity contribution < 1.29 is 4.74 Å². The number of hydrogen-bond donors (Lipinski definition) is 1. The Balaban J connectivity index is 1.89. The van der Waals surface area contributed by atoms with Crippen molar-refractivity contribution in [1.82, 2.24) is 9.97 Å². The third-order valence-corrected chi connectivity index (χ3v) is 4.90. The summed E-state index contributed by atoms with van der Waals surface area (Å²) >= 11 is 0. The average molecular weight is 290 g/mol. The first-order valence-electron chi connectivity index (χ1n) is 8.15. The summed E-state index contributed by atoms with van der Waals surface area (Å²) in [6.45, 7) is 1.63. The number of hydrogen-bond acceptors (Lipinski definition) is 5. The number of rotatable bonds is 3. The highest BCUT2D eigenvalue weighted by molar-refractivity contribution is 5.50. The zero-order valence-electron chi connectivity index (χ0n) is 12.9. The van der Waals surface area contributed by atoms with E-state index < -0.39 is 0 Å². The van der Waals surface area contributed by atoms with Crippen molar-refractivity contribution in [2.75, 3.05) is 25.1 Å². The summed E-state index contributed by atoms with van der Waals surface area (Å²) in [6.07, 6.45) is 10.1. The second-order valence-corrected chi connectivity index (χ2v) is 6.15. The first kappa shape index (κ1) is 14.7. The summed E-state index contributed by atoms with van der Waals surface area (Å²) in [5.41, 5.74) is 8.63. The number of nitrogens with two attached hydrogens (primary N) is 1. The molecule has 1 saturated heterocycles. The van der Waals surface area contributed by atoms with Gasteiger partial charge in [-0.1, -0.05) is 6.42 Å². The summed E-state index contributed by atoms with van der Waals surface area (Å²) in [5, 5.41) is 0. The van der Waals surface area contributed by atoms with Gasteiger partial charge >= 0.3 is 0 Å². The summed E-state index contributed by atoms with van der Waals surface area (Å²) in [7, 11) is 1.80. The second kappa shape index (κ2) is 6.71. The lowest BCUT2D eigenvalue weighted by Crippen LogP contribution is -2.49. The van der Waals surface area contributed by atoms with Crippen molar-refractivity contribution in [2.24, 2.45) is 5.73 Å². The predicted molar refractivity (Wildman–Crippen MR) is 83.5 cm³/mol. The Morgan fingerprint density at radius 3 is 2.95 bits per heavy atom. The lowest BCUT2D eigenvalue weighted by molar-refractivity contribution is 0.0707. The number of aryl methyl sites for hydroxylation is 1. The van der Waals surface area contributed by atoms with Gasteiger partial charge in [0.1, 0.15) is 12.1 Å². The van der Waals surface area contributed by atoms with Gasteiger partial charge in [0.15, 0.2) is 0 Å². The molecule has 1 aliphatic carbocycles. The molecule has 2 atom stereocenters. The minimum atomic E-state index is 0.325. The maximum Gasteiger partial charge on any atom is 0.135 e. The maximum atomic E-state index is 6.01. The van der Waals surface area contributed by atoms with E-state index in [4.69, 9.17) is 10.5 Å². The quantitative estimate of drug-likeness (QED) is 0.858. The van der Waals surface area contributed by atoms with Crippen LogP contribution in [0.4, 0.5) is 5.82 Å². The van der Waals surface area contributed by atoms with E-state index >= 15 is 0 Å². The van der Waals surface area contributed by atoms with Gasteiger partial charge < -0.3 is 15.4 Å². The van der Waals surface area contributed by atoms with Gasteiger partial charge in [0.2, 0.25) is 0 Å². The monoisotopic (exact) mass is 290 g/mol. The lowest BCUT2D eigenvalue weighted by Gasteiger charge is -2.40. The molecule has 1 aromatic rings. The molecule has 21 heavy (non-hydrogen) atoms. The maximum absolute atomic E-state index is 6.01. The number of aromatic nitrogens is 2. The molecule has 0 bridgehead atoms. The number of fused-ring (bicyclic) bond motifs is 1. The van der Waals surface area contributed by atoms with Crippen molar-refractivity contribution in [3.8, 4) is 0 Å². The Hall–Kier alpha value is -1.20. The molecule has 0 radical (unpaired) electrons. The first-order chi connectivity index (χ1) is 10.3. The van der Waals surface area contributed by atoms with E-state index in [1.54, 1.807) is 13.4 Å². The van der Waals surface area contributed by atoms with Crippen LogP contribution in [0.15, 0.2) is 6.33 Å². The van der Waals surface area contributed by atoms with Crippen LogP contribution in [0.1, 0.15) is 43.4 Å². The van der Waals surface area contributed by atoms with E-state index in [9.17, 15) is 0 Å². The SMILES string of the molecule is COC1CCN(c2ncnc3c2CCCCC3)C(CN)C1. The van der Waals surface area contributed by atoms with Gasteiger partial charge in [0, 0.05) is 37.5 Å². The van der Waals surface area contributed by atoms with E-state index in [2.05, 4.69) is 14.9 Å². The molecule has 2 heterocycles. The highest BCUT2D eigenvalue weighted by atomic mass is 16.5. The fraction of sp³-hybridized carbons (Fsp3) is 0.750. The molecule has 0 aromatic carbocycles. The molecule has 5 nitrogen and oxygen atoms in total. The molecular weight excluding hydrogens is 264 g/mol. The minimum Gasteiger partial charge on any atom is -0.381 e. The first-order valence-corrected chi connectivity index (χ1v) is 8.15. The van der Waals surface area contributed by atoms with Crippen LogP contribution in [0.5, 0.6) is 0 Å². The molecule has 1 aliphatic heterocycles. The molecule has 1 fully saturated rings. The lowest BCUT2D eigenvalue weighted by atomic mass is 9.98. The van der Waals surface area contributed by atoms with Gasteiger partial charge in [0.05, 0.1) is 6.10 Å². The van der Waals surface area contributed by atoms with E-state index in [1.165, 1.54) is 30.5 Å². The topological polar surface area (TPSA) is 64.3 Å². The molecule has 2 unspecified atom stereocenters. The fourth-order valence-corrected chi connectivity index (χ4v) is 3.66. The number of ether oxygens (including phenoxy) is 1. The smallest absolute Gasteiger partial charge is 0.135 e. The molecule has 0 saturated carbocycles. The third-order valence-electron chi connectivity index (χ3n) is 4.90. The van der Waals surface area contributed by atoms with Crippen LogP contribution >= 0.6 is 0 Å².